The van der Waals surface area contributed by atoms with Gasteiger partial charge < -0.3 is 19.4 Å². The third-order valence-corrected chi connectivity index (χ3v) is 4.99. The first-order valence-corrected chi connectivity index (χ1v) is 10.3. The van der Waals surface area contributed by atoms with Crippen LogP contribution in [0.25, 0.3) is 10.9 Å². The molecule has 0 aliphatic heterocycles. The second kappa shape index (κ2) is 10.4. The third-order valence-electron chi connectivity index (χ3n) is 4.99. The predicted molar refractivity (Wildman–Crippen MR) is 118 cm³/mol. The first-order chi connectivity index (χ1) is 14.6. The van der Waals surface area contributed by atoms with Gasteiger partial charge in [0.15, 0.2) is 0 Å². The lowest BCUT2D eigenvalue weighted by Crippen LogP contribution is -2.58. The molecule has 0 radical (unpaired) electrons. The number of carbonyl (C=O) groups excluding carboxylic acids is 3. The van der Waals surface area contributed by atoms with E-state index in [9.17, 15) is 14.4 Å². The third kappa shape index (κ3) is 6.82. The summed E-state index contributed by atoms with van der Waals surface area (Å²) in [6.45, 7) is 7.66. The molecule has 0 saturated heterocycles. The van der Waals surface area contributed by atoms with E-state index in [1.54, 1.807) is 6.92 Å². The highest BCUT2D eigenvalue weighted by atomic mass is 16.5. The van der Waals surface area contributed by atoms with Crippen LogP contribution in [-0.2, 0) is 30.4 Å². The van der Waals surface area contributed by atoms with Gasteiger partial charge in [-0.15, -0.1) is 0 Å². The van der Waals surface area contributed by atoms with E-state index in [-0.39, 0.29) is 18.9 Å². The van der Waals surface area contributed by atoms with E-state index < -0.39 is 35.5 Å². The Morgan fingerprint density at radius 1 is 1.06 bits per heavy atom. The average Bonchev–Trinajstić information content (AvgIpc) is 3.11. The molecule has 8 heteroatoms. The van der Waals surface area contributed by atoms with Crippen LogP contribution in [0.3, 0.4) is 0 Å². The zero-order valence-electron chi connectivity index (χ0n) is 19.1. The lowest BCUT2D eigenvalue weighted by Gasteiger charge is -2.31. The fraction of sp³-hybridized carbons (Fsp3) is 0.522. The van der Waals surface area contributed by atoms with E-state index in [0.29, 0.717) is 0 Å². The van der Waals surface area contributed by atoms with E-state index >= 15 is 0 Å². The largest absolute Gasteiger partial charge is 0.469 e. The van der Waals surface area contributed by atoms with Gasteiger partial charge in [0.1, 0.15) is 6.04 Å². The highest BCUT2D eigenvalue weighted by Gasteiger charge is 2.34. The number of aromatic nitrogens is 1. The van der Waals surface area contributed by atoms with Gasteiger partial charge in [0, 0.05) is 23.8 Å². The molecule has 1 heterocycles. The number of ether oxygens (including phenoxy) is 2. The number of nitrogens with one attached hydrogen (secondary N) is 2. The molecule has 0 saturated carbocycles. The number of para-hydroxylation sites is 1. The quantitative estimate of drug-likeness (QED) is 0.591. The molecule has 1 aromatic carbocycles. The van der Waals surface area contributed by atoms with Gasteiger partial charge in [-0.3, -0.25) is 19.7 Å². The molecule has 1 unspecified atom stereocenters. The summed E-state index contributed by atoms with van der Waals surface area (Å²) in [5, 5.41) is 7.12. The summed E-state index contributed by atoms with van der Waals surface area (Å²) < 4.78 is 11.7. The fourth-order valence-electron chi connectivity index (χ4n) is 3.46. The van der Waals surface area contributed by atoms with Gasteiger partial charge in [0.2, 0.25) is 5.91 Å². The standard InChI is InChI=1S/C23H33N3O5/c1-15(13-19(27)30-5)20(21(28)25-23(2,3)4)24-17(22(29)31-6)14-26-12-11-16-9-7-8-10-18(16)26/h7-12,15,17,20,24H,13-14H2,1-6H3,(H,25,28)/t15?,17-,20+/m0/s1. The second-order valence-electron chi connectivity index (χ2n) is 8.74. The van der Waals surface area contributed by atoms with E-state index in [1.165, 1.54) is 14.2 Å². The van der Waals surface area contributed by atoms with Crippen LogP contribution in [0.1, 0.15) is 34.1 Å². The molecular formula is C23H33N3O5. The van der Waals surface area contributed by atoms with Crippen molar-refractivity contribution in [2.45, 2.75) is 58.3 Å². The Bertz CT molecular complexity index is 915. The maximum Gasteiger partial charge on any atom is 0.324 e. The molecule has 2 N–H and O–H groups in total. The normalized spacial score (nSPS) is 14.5. The molecule has 31 heavy (non-hydrogen) atoms. The average molecular weight is 432 g/mol. The van der Waals surface area contributed by atoms with Crippen molar-refractivity contribution >= 4 is 28.7 Å². The van der Waals surface area contributed by atoms with Crippen molar-refractivity contribution in [1.29, 1.82) is 0 Å². The molecule has 1 amide bonds. The maximum atomic E-state index is 13.0. The lowest BCUT2D eigenvalue weighted by atomic mass is 9.95. The van der Waals surface area contributed by atoms with Crippen molar-refractivity contribution in [1.82, 2.24) is 15.2 Å². The van der Waals surface area contributed by atoms with Crippen molar-refractivity contribution in [2.24, 2.45) is 5.92 Å². The van der Waals surface area contributed by atoms with Crippen LogP contribution >= 0.6 is 0 Å². The minimum atomic E-state index is -0.802. The van der Waals surface area contributed by atoms with Crippen molar-refractivity contribution in [3.05, 3.63) is 36.5 Å². The molecule has 0 aliphatic rings. The number of esters is 2. The van der Waals surface area contributed by atoms with Crippen LogP contribution in [-0.4, -0.2) is 54.3 Å². The van der Waals surface area contributed by atoms with Gasteiger partial charge in [-0.05, 0) is 44.2 Å². The smallest absolute Gasteiger partial charge is 0.324 e. The maximum absolute atomic E-state index is 13.0. The predicted octanol–water partition coefficient (Wildman–Crippen LogP) is 2.25. The van der Waals surface area contributed by atoms with Gasteiger partial charge in [0.05, 0.1) is 26.7 Å². The van der Waals surface area contributed by atoms with E-state index in [2.05, 4.69) is 10.6 Å². The summed E-state index contributed by atoms with van der Waals surface area (Å²) in [4.78, 5) is 37.5. The molecule has 2 rings (SSSR count). The van der Waals surface area contributed by atoms with Crippen molar-refractivity contribution in [2.75, 3.05) is 14.2 Å². The SMILES string of the molecule is COC(=O)CC(C)[C@@H](N[C@@H](Cn1ccc2ccccc21)C(=O)OC)C(=O)NC(C)(C)C. The minimum absolute atomic E-state index is 0.0338. The van der Waals surface area contributed by atoms with Crippen molar-refractivity contribution < 1.29 is 23.9 Å². The topological polar surface area (TPSA) is 98.7 Å². The molecule has 8 nitrogen and oxygen atoms in total. The first-order valence-electron chi connectivity index (χ1n) is 10.3. The number of rotatable bonds is 9. The van der Waals surface area contributed by atoms with Gasteiger partial charge in [0.25, 0.3) is 0 Å². The molecule has 0 spiro atoms. The van der Waals surface area contributed by atoms with Crippen LogP contribution in [0, 0.1) is 5.92 Å². The second-order valence-corrected chi connectivity index (χ2v) is 8.74. The van der Waals surface area contributed by atoms with E-state index in [4.69, 9.17) is 9.47 Å². The Labute approximate surface area is 183 Å². The molecule has 170 valence electrons. The van der Waals surface area contributed by atoms with E-state index in [1.807, 2.05) is 61.9 Å². The number of benzene rings is 1. The molecule has 0 bridgehead atoms. The Morgan fingerprint density at radius 3 is 2.35 bits per heavy atom. The highest BCUT2D eigenvalue weighted by Crippen LogP contribution is 2.17. The summed E-state index contributed by atoms with van der Waals surface area (Å²) in [5.74, 6) is -1.62. The van der Waals surface area contributed by atoms with Crippen molar-refractivity contribution in [3.8, 4) is 0 Å². The van der Waals surface area contributed by atoms with Gasteiger partial charge in [-0.25, -0.2) is 0 Å². The zero-order chi connectivity index (χ0) is 23.2. The molecule has 0 fully saturated rings. The molecular weight excluding hydrogens is 398 g/mol. The number of nitrogens with zero attached hydrogens (tertiary/aromatic N) is 1. The van der Waals surface area contributed by atoms with E-state index in [0.717, 1.165) is 10.9 Å². The van der Waals surface area contributed by atoms with Crippen LogP contribution in [0.2, 0.25) is 0 Å². The number of methoxy groups -OCH3 is 2. The monoisotopic (exact) mass is 431 g/mol. The van der Waals surface area contributed by atoms with Gasteiger partial charge in [-0.2, -0.15) is 0 Å². The zero-order valence-corrected chi connectivity index (χ0v) is 19.1. The number of hydrogen-bond acceptors (Lipinski definition) is 6. The number of hydrogen-bond donors (Lipinski definition) is 2. The van der Waals surface area contributed by atoms with Crippen LogP contribution in [0.4, 0.5) is 0 Å². The Balaban J connectivity index is 2.31. The molecule has 3 atom stereocenters. The lowest BCUT2D eigenvalue weighted by molar-refractivity contribution is -0.144. The molecule has 2 aromatic rings. The Hall–Kier alpha value is -2.87. The van der Waals surface area contributed by atoms with Gasteiger partial charge >= 0.3 is 11.9 Å². The first kappa shape index (κ1) is 24.4. The number of fused-ring (bicyclic) bond motifs is 1. The van der Waals surface area contributed by atoms with Crippen molar-refractivity contribution in [3.63, 3.8) is 0 Å². The minimum Gasteiger partial charge on any atom is -0.469 e. The van der Waals surface area contributed by atoms with Crippen LogP contribution in [0.15, 0.2) is 36.5 Å². The summed E-state index contributed by atoms with van der Waals surface area (Å²) in [7, 11) is 2.62. The highest BCUT2D eigenvalue weighted by molar-refractivity contribution is 5.85. The van der Waals surface area contributed by atoms with Crippen LogP contribution < -0.4 is 10.6 Å². The number of carbonyl (C=O) groups is 3. The summed E-state index contributed by atoms with van der Waals surface area (Å²) in [6, 6.07) is 8.20. The summed E-state index contributed by atoms with van der Waals surface area (Å²) in [6.07, 6.45) is 1.93. The molecule has 1 aromatic heterocycles. The molecule has 0 aliphatic carbocycles. The van der Waals surface area contributed by atoms with Crippen LogP contribution in [0.5, 0.6) is 0 Å². The van der Waals surface area contributed by atoms with Gasteiger partial charge in [-0.1, -0.05) is 25.1 Å². The number of amides is 1. The Morgan fingerprint density at radius 2 is 1.74 bits per heavy atom. The summed E-state index contributed by atoms with van der Waals surface area (Å²) in [5.41, 5.74) is 0.496. The fourth-order valence-corrected chi connectivity index (χ4v) is 3.46. The Kier molecular flexibility index (Phi) is 8.21. The summed E-state index contributed by atoms with van der Waals surface area (Å²) >= 11 is 0.